The molecule has 47 heavy (non-hydrogen) atoms. The van der Waals surface area contributed by atoms with Crippen molar-refractivity contribution >= 4 is 92.0 Å². The van der Waals surface area contributed by atoms with Gasteiger partial charge in [0.1, 0.15) is 0 Å². The van der Waals surface area contributed by atoms with Crippen molar-refractivity contribution in [2.24, 2.45) is 0 Å². The minimum Gasteiger partial charge on any atom is -0.194 e. The summed E-state index contributed by atoms with van der Waals surface area (Å²) in [5, 5.41) is 0. The molecular weight excluding hydrogens is 727 g/mol. The summed E-state index contributed by atoms with van der Waals surface area (Å²) in [5.41, 5.74) is 0.202. The van der Waals surface area contributed by atoms with Crippen molar-refractivity contribution in [1.29, 1.82) is 0 Å². The molecule has 2 fully saturated rings. The second-order valence-electron chi connectivity index (χ2n) is 11.1. The van der Waals surface area contributed by atoms with Gasteiger partial charge in [-0.25, -0.2) is 0 Å². The van der Waals surface area contributed by atoms with E-state index in [0.29, 0.717) is 9.75 Å². The van der Waals surface area contributed by atoms with Crippen molar-refractivity contribution < 1.29 is 26.3 Å². The van der Waals surface area contributed by atoms with Gasteiger partial charge in [0.15, 0.2) is 0 Å². The third-order valence-electron chi connectivity index (χ3n) is 8.17. The number of hydrogen-bond donors (Lipinski definition) is 0. The molecule has 3 aliphatic rings. The van der Waals surface area contributed by atoms with Crippen LogP contribution in [-0.4, -0.2) is 40.8 Å². The molecule has 4 aromatic rings. The lowest BCUT2D eigenvalue weighted by Crippen LogP contribution is -2.48. The molecule has 0 amide bonds. The zero-order valence-electron chi connectivity index (χ0n) is 25.0. The lowest BCUT2D eigenvalue weighted by Gasteiger charge is -2.25. The Morgan fingerprint density at radius 1 is 0.532 bits per heavy atom. The second-order valence-corrected chi connectivity index (χ2v) is 18.5. The van der Waals surface area contributed by atoms with E-state index in [1.165, 1.54) is 34.8 Å². The third-order valence-corrected chi connectivity index (χ3v) is 15.7. The summed E-state index contributed by atoms with van der Waals surface area (Å²) in [5.74, 6) is -12.4. The van der Waals surface area contributed by atoms with Crippen molar-refractivity contribution in [3.8, 4) is 0 Å². The first-order valence-corrected chi connectivity index (χ1v) is 20.2. The highest BCUT2D eigenvalue weighted by atomic mass is 32.2. The standard InChI is InChI=1S/C35H26F6S6/c1-19-23(17-25(46-19)27(31-42-13-14-43-31)21-9-5-3-6-10-21)29-30(34(38,39)35(40,41)33(29,36)37)24-18-26(47-20(24)2)28(32-44-15-16-45-32)22-11-7-4-8-12-22/h3-12,17-18H,13-16H2,1-2H3. The van der Waals surface area contributed by atoms with Crippen LogP contribution in [0.4, 0.5) is 26.3 Å². The molecule has 2 aromatic carbocycles. The van der Waals surface area contributed by atoms with Crippen molar-refractivity contribution in [3.05, 3.63) is 123 Å². The molecule has 12 heteroatoms. The molecule has 0 N–H and O–H groups in total. The molecule has 2 saturated heterocycles. The Labute approximate surface area is 294 Å². The number of thioether (sulfide) groups is 4. The fourth-order valence-electron chi connectivity index (χ4n) is 5.98. The van der Waals surface area contributed by atoms with Gasteiger partial charge in [-0.15, -0.1) is 69.7 Å². The number of aryl methyl sites for hydroxylation is 2. The molecule has 2 aliphatic heterocycles. The Balaban J connectivity index is 1.45. The summed E-state index contributed by atoms with van der Waals surface area (Å²) in [7, 11) is 0. The number of hydrogen-bond acceptors (Lipinski definition) is 6. The van der Waals surface area contributed by atoms with Crippen molar-refractivity contribution in [3.63, 3.8) is 0 Å². The fraction of sp³-hybridized carbons (Fsp3) is 0.257. The predicted octanol–water partition coefficient (Wildman–Crippen LogP) is 12.7. The number of halogens is 6. The molecule has 0 nitrogen and oxygen atoms in total. The van der Waals surface area contributed by atoms with Crippen LogP contribution >= 0.6 is 69.7 Å². The van der Waals surface area contributed by atoms with Gasteiger partial charge in [0.25, 0.3) is 0 Å². The van der Waals surface area contributed by atoms with Gasteiger partial charge in [-0.3, -0.25) is 0 Å². The number of alkyl halides is 6. The van der Waals surface area contributed by atoms with Crippen LogP contribution in [0, 0.1) is 13.8 Å². The highest BCUT2D eigenvalue weighted by Crippen LogP contribution is 2.66. The average molecular weight is 753 g/mol. The quantitative estimate of drug-likeness (QED) is 0.180. The van der Waals surface area contributed by atoms with Gasteiger partial charge in [0.2, 0.25) is 0 Å². The van der Waals surface area contributed by atoms with Crippen LogP contribution in [0.15, 0.2) is 81.3 Å². The predicted molar refractivity (Wildman–Crippen MR) is 195 cm³/mol. The number of thiophene rings is 2. The summed E-state index contributed by atoms with van der Waals surface area (Å²) >= 11 is 8.90. The van der Waals surface area contributed by atoms with E-state index in [-0.39, 0.29) is 20.9 Å². The molecule has 0 radical (unpaired) electrons. The lowest BCUT2D eigenvalue weighted by molar-refractivity contribution is -0.254. The number of allylic oxidation sites excluding steroid dienone is 2. The molecule has 4 heterocycles. The summed E-state index contributed by atoms with van der Waals surface area (Å²) in [4.78, 5) is 1.72. The Kier molecular flexibility index (Phi) is 9.09. The molecule has 0 atom stereocenters. The van der Waals surface area contributed by atoms with Gasteiger partial charge >= 0.3 is 17.8 Å². The summed E-state index contributed by atoms with van der Waals surface area (Å²) in [6.07, 6.45) is 0. The minimum absolute atomic E-state index is 0.264. The Bertz CT molecular complexity index is 1780. The first kappa shape index (κ1) is 33.5. The molecule has 0 bridgehead atoms. The molecule has 2 aromatic heterocycles. The van der Waals surface area contributed by atoms with Crippen molar-refractivity contribution in [2.75, 3.05) is 23.0 Å². The van der Waals surface area contributed by atoms with Crippen molar-refractivity contribution in [2.45, 2.75) is 31.6 Å². The van der Waals surface area contributed by atoms with Gasteiger partial charge < -0.3 is 0 Å². The van der Waals surface area contributed by atoms with E-state index in [1.807, 2.05) is 60.7 Å². The van der Waals surface area contributed by atoms with Crippen LogP contribution in [0.1, 0.15) is 41.8 Å². The molecule has 1 aliphatic carbocycles. The first-order chi connectivity index (χ1) is 22.4. The molecule has 0 saturated carbocycles. The topological polar surface area (TPSA) is 0 Å². The van der Waals surface area contributed by atoms with Crippen LogP contribution in [0.2, 0.25) is 0 Å². The fourth-order valence-corrected chi connectivity index (χ4v) is 13.7. The Morgan fingerprint density at radius 2 is 0.872 bits per heavy atom. The van der Waals surface area contributed by atoms with Crippen LogP contribution in [0.25, 0.3) is 22.3 Å². The van der Waals surface area contributed by atoms with Crippen LogP contribution < -0.4 is 0 Å². The van der Waals surface area contributed by atoms with E-state index >= 15 is 26.3 Å². The van der Waals surface area contributed by atoms with Crippen molar-refractivity contribution in [1.82, 2.24) is 0 Å². The monoisotopic (exact) mass is 752 g/mol. The maximum absolute atomic E-state index is 16.0. The zero-order chi connectivity index (χ0) is 33.1. The maximum Gasteiger partial charge on any atom is 0.380 e. The lowest BCUT2D eigenvalue weighted by atomic mass is 9.94. The van der Waals surface area contributed by atoms with Gasteiger partial charge in [-0.05, 0) is 48.2 Å². The van der Waals surface area contributed by atoms with Gasteiger partial charge in [0, 0.05) is 73.3 Å². The van der Waals surface area contributed by atoms with E-state index in [0.717, 1.165) is 53.8 Å². The normalized spacial score (nSPS) is 20.0. The number of benzene rings is 2. The molecule has 7 rings (SSSR count). The summed E-state index contributed by atoms with van der Waals surface area (Å²) < 4.78 is 96.9. The second kappa shape index (κ2) is 12.7. The van der Waals surface area contributed by atoms with Gasteiger partial charge in [-0.2, -0.15) is 26.3 Å². The highest BCUT2D eigenvalue weighted by Gasteiger charge is 2.80. The molecule has 0 unspecified atom stereocenters. The summed E-state index contributed by atoms with van der Waals surface area (Å²) in [6.45, 7) is 3.08. The zero-order valence-corrected chi connectivity index (χ0v) is 29.9. The molecular formula is C35H26F6S6. The van der Waals surface area contributed by atoms with E-state index in [1.54, 1.807) is 60.9 Å². The Hall–Kier alpha value is -1.96. The SMILES string of the molecule is Cc1sc(C(=C2SCCS2)c2ccccc2)cc1C1=C(c2cc(C(=C3SCCS3)c3ccccc3)sc2C)C(F)(F)C(F)(F)C1(F)F. The smallest absolute Gasteiger partial charge is 0.194 e. The molecule has 0 spiro atoms. The number of rotatable bonds is 6. The minimum atomic E-state index is -5.62. The maximum atomic E-state index is 16.0. The first-order valence-electron chi connectivity index (χ1n) is 14.6. The van der Waals surface area contributed by atoms with E-state index < -0.39 is 28.9 Å². The Morgan fingerprint density at radius 3 is 1.21 bits per heavy atom. The highest BCUT2D eigenvalue weighted by molar-refractivity contribution is 8.25. The average Bonchev–Trinajstić information content (AvgIpc) is 3.88. The van der Waals surface area contributed by atoms with Gasteiger partial charge in [-0.1, -0.05) is 60.7 Å². The van der Waals surface area contributed by atoms with Crippen LogP contribution in [0.3, 0.4) is 0 Å². The summed E-state index contributed by atoms with van der Waals surface area (Å²) in [6, 6.07) is 21.7. The van der Waals surface area contributed by atoms with Crippen LogP contribution in [0.5, 0.6) is 0 Å². The third kappa shape index (κ3) is 5.59. The van der Waals surface area contributed by atoms with Gasteiger partial charge in [0.05, 0.1) is 0 Å². The van der Waals surface area contributed by atoms with E-state index in [9.17, 15) is 0 Å². The largest absolute Gasteiger partial charge is 0.380 e. The molecule has 244 valence electrons. The van der Waals surface area contributed by atoms with Crippen LogP contribution in [-0.2, 0) is 0 Å². The van der Waals surface area contributed by atoms with E-state index in [2.05, 4.69) is 0 Å². The van der Waals surface area contributed by atoms with E-state index in [4.69, 9.17) is 0 Å².